The zero-order valence-corrected chi connectivity index (χ0v) is 13.4. The van der Waals surface area contributed by atoms with Gasteiger partial charge in [0, 0.05) is 11.3 Å². The summed E-state index contributed by atoms with van der Waals surface area (Å²) in [4.78, 5) is 14.6. The summed E-state index contributed by atoms with van der Waals surface area (Å²) in [6, 6.07) is 0.0651. The van der Waals surface area contributed by atoms with Crippen molar-refractivity contribution in [1.82, 2.24) is 10.2 Å². The van der Waals surface area contributed by atoms with Crippen molar-refractivity contribution in [1.29, 1.82) is 0 Å². The van der Waals surface area contributed by atoms with Gasteiger partial charge in [0.2, 0.25) is 5.91 Å². The second-order valence-corrected chi connectivity index (χ2v) is 7.37. The lowest BCUT2D eigenvalue weighted by Crippen LogP contribution is -2.44. The number of carbonyl (C=O) groups is 1. The SMILES string of the molecule is CCCCC1NC(C)N(CC2(SC)CCCC2)C1=O. The molecule has 1 saturated carbocycles. The molecule has 19 heavy (non-hydrogen) atoms. The largest absolute Gasteiger partial charge is 0.325 e. The van der Waals surface area contributed by atoms with E-state index in [2.05, 4.69) is 30.3 Å². The van der Waals surface area contributed by atoms with Gasteiger partial charge in [-0.2, -0.15) is 11.8 Å². The zero-order chi connectivity index (χ0) is 13.9. The Morgan fingerprint density at radius 1 is 1.42 bits per heavy atom. The maximum absolute atomic E-state index is 12.5. The molecule has 2 unspecified atom stereocenters. The number of carbonyl (C=O) groups excluding carboxylic acids is 1. The molecular weight excluding hydrogens is 256 g/mol. The van der Waals surface area contributed by atoms with Gasteiger partial charge in [0.25, 0.3) is 0 Å². The monoisotopic (exact) mass is 284 g/mol. The van der Waals surface area contributed by atoms with Crippen molar-refractivity contribution in [2.24, 2.45) is 0 Å². The first-order valence-corrected chi connectivity index (χ1v) is 8.96. The minimum atomic E-state index is 0.0651. The summed E-state index contributed by atoms with van der Waals surface area (Å²) in [6.07, 6.45) is 10.9. The molecule has 1 amide bonds. The Bertz CT molecular complexity index is 315. The smallest absolute Gasteiger partial charge is 0.241 e. The third-order valence-corrected chi connectivity index (χ3v) is 6.15. The third-order valence-electron chi connectivity index (χ3n) is 4.74. The van der Waals surface area contributed by atoms with E-state index in [9.17, 15) is 4.79 Å². The Balaban J connectivity index is 1.97. The van der Waals surface area contributed by atoms with Gasteiger partial charge in [-0.05, 0) is 32.4 Å². The van der Waals surface area contributed by atoms with Crippen molar-refractivity contribution >= 4 is 17.7 Å². The summed E-state index contributed by atoms with van der Waals surface area (Å²) in [6.45, 7) is 5.25. The van der Waals surface area contributed by atoms with Crippen molar-refractivity contribution < 1.29 is 4.79 Å². The number of amides is 1. The van der Waals surface area contributed by atoms with Gasteiger partial charge < -0.3 is 4.90 Å². The molecule has 4 heteroatoms. The van der Waals surface area contributed by atoms with Crippen molar-refractivity contribution in [2.45, 2.75) is 75.7 Å². The third kappa shape index (κ3) is 3.27. The number of rotatable bonds is 6. The average Bonchev–Trinajstić information content (AvgIpc) is 2.98. The van der Waals surface area contributed by atoms with Crippen LogP contribution in [0.15, 0.2) is 0 Å². The Hall–Kier alpha value is -0.220. The summed E-state index contributed by atoms with van der Waals surface area (Å²) in [7, 11) is 0. The van der Waals surface area contributed by atoms with Crippen molar-refractivity contribution in [2.75, 3.05) is 12.8 Å². The molecule has 1 heterocycles. The van der Waals surface area contributed by atoms with E-state index in [4.69, 9.17) is 0 Å². The first-order valence-electron chi connectivity index (χ1n) is 7.73. The maximum atomic E-state index is 12.5. The van der Waals surface area contributed by atoms with Crippen molar-refractivity contribution in [3.8, 4) is 0 Å². The number of unbranched alkanes of at least 4 members (excludes halogenated alkanes) is 1. The van der Waals surface area contributed by atoms with E-state index in [1.165, 1.54) is 25.7 Å². The van der Waals surface area contributed by atoms with Gasteiger partial charge in [-0.15, -0.1) is 0 Å². The molecule has 3 nitrogen and oxygen atoms in total. The van der Waals surface area contributed by atoms with Crippen LogP contribution in [0, 0.1) is 0 Å². The predicted molar refractivity (Wildman–Crippen MR) is 82.3 cm³/mol. The lowest BCUT2D eigenvalue weighted by atomic mass is 10.1. The first-order chi connectivity index (χ1) is 9.12. The topological polar surface area (TPSA) is 32.3 Å². The summed E-state index contributed by atoms with van der Waals surface area (Å²) >= 11 is 1.97. The molecule has 1 aliphatic heterocycles. The molecule has 110 valence electrons. The molecule has 2 aliphatic rings. The number of nitrogens with one attached hydrogen (secondary N) is 1. The Morgan fingerprint density at radius 2 is 2.11 bits per heavy atom. The molecule has 0 radical (unpaired) electrons. The number of hydrogen-bond acceptors (Lipinski definition) is 3. The highest BCUT2D eigenvalue weighted by Crippen LogP contribution is 2.41. The standard InChI is InChI=1S/C15H28N2OS/c1-4-5-8-13-14(18)17(12(2)16-13)11-15(19-3)9-6-7-10-15/h12-13,16H,4-11H2,1-3H3. The molecule has 0 aromatic rings. The van der Waals surface area contributed by atoms with Crippen molar-refractivity contribution in [3.63, 3.8) is 0 Å². The van der Waals surface area contributed by atoms with Crippen LogP contribution in [0.2, 0.25) is 0 Å². The van der Waals surface area contributed by atoms with Gasteiger partial charge in [-0.1, -0.05) is 32.6 Å². The molecule has 1 N–H and O–H groups in total. The highest BCUT2D eigenvalue weighted by Gasteiger charge is 2.42. The second kappa shape index (κ2) is 6.49. The molecule has 1 saturated heterocycles. The average molecular weight is 284 g/mol. The summed E-state index contributed by atoms with van der Waals surface area (Å²) in [5.74, 6) is 0.335. The van der Waals surface area contributed by atoms with Gasteiger partial charge in [0.15, 0.2) is 0 Å². The van der Waals surface area contributed by atoms with E-state index in [0.29, 0.717) is 10.7 Å². The molecule has 0 aromatic heterocycles. The summed E-state index contributed by atoms with van der Waals surface area (Å²) in [5.41, 5.74) is 0. The lowest BCUT2D eigenvalue weighted by molar-refractivity contribution is -0.130. The summed E-state index contributed by atoms with van der Waals surface area (Å²) < 4.78 is 0.325. The van der Waals surface area contributed by atoms with Gasteiger partial charge in [0.1, 0.15) is 0 Å². The minimum Gasteiger partial charge on any atom is -0.325 e. The Kier molecular flexibility index (Phi) is 5.18. The number of nitrogens with zero attached hydrogens (tertiary/aromatic N) is 1. The van der Waals surface area contributed by atoms with Crippen LogP contribution in [-0.4, -0.2) is 40.6 Å². The Labute approximate surface area is 121 Å². The van der Waals surface area contributed by atoms with Gasteiger partial charge in [-0.25, -0.2) is 0 Å². The second-order valence-electron chi connectivity index (χ2n) is 6.10. The molecule has 0 bridgehead atoms. The van der Waals surface area contributed by atoms with Crippen LogP contribution in [-0.2, 0) is 4.79 Å². The number of thioether (sulfide) groups is 1. The lowest BCUT2D eigenvalue weighted by Gasteiger charge is -2.33. The van der Waals surface area contributed by atoms with E-state index in [1.807, 2.05) is 11.8 Å². The molecule has 0 aromatic carbocycles. The van der Waals surface area contributed by atoms with Crippen LogP contribution in [0.5, 0.6) is 0 Å². The van der Waals surface area contributed by atoms with Crippen LogP contribution in [0.1, 0.15) is 58.8 Å². The molecule has 2 atom stereocenters. The fourth-order valence-electron chi connectivity index (χ4n) is 3.43. The van der Waals surface area contributed by atoms with Gasteiger partial charge in [0.05, 0.1) is 12.2 Å². The van der Waals surface area contributed by atoms with Gasteiger partial charge in [-0.3, -0.25) is 10.1 Å². The van der Waals surface area contributed by atoms with Gasteiger partial charge >= 0.3 is 0 Å². The molecule has 0 spiro atoms. The van der Waals surface area contributed by atoms with E-state index in [1.54, 1.807) is 0 Å². The minimum absolute atomic E-state index is 0.0651. The molecule has 2 fully saturated rings. The van der Waals surface area contributed by atoms with Crippen LogP contribution < -0.4 is 5.32 Å². The first kappa shape index (κ1) is 15.2. The van der Waals surface area contributed by atoms with Crippen LogP contribution in [0.25, 0.3) is 0 Å². The summed E-state index contributed by atoms with van der Waals surface area (Å²) in [5, 5.41) is 3.47. The normalized spacial score (nSPS) is 30.3. The predicted octanol–water partition coefficient (Wildman–Crippen LogP) is 3.00. The highest BCUT2D eigenvalue weighted by atomic mass is 32.2. The molecular formula is C15H28N2OS. The van der Waals surface area contributed by atoms with Crippen LogP contribution in [0.3, 0.4) is 0 Å². The number of hydrogen-bond donors (Lipinski definition) is 1. The Morgan fingerprint density at radius 3 is 2.68 bits per heavy atom. The van der Waals surface area contributed by atoms with E-state index < -0.39 is 0 Å². The zero-order valence-electron chi connectivity index (χ0n) is 12.6. The fourth-order valence-corrected chi connectivity index (χ4v) is 4.40. The van der Waals surface area contributed by atoms with E-state index in [-0.39, 0.29) is 12.2 Å². The fraction of sp³-hybridized carbons (Fsp3) is 0.933. The van der Waals surface area contributed by atoms with E-state index in [0.717, 1.165) is 25.8 Å². The molecule has 1 aliphatic carbocycles. The quantitative estimate of drug-likeness (QED) is 0.814. The van der Waals surface area contributed by atoms with Crippen molar-refractivity contribution in [3.05, 3.63) is 0 Å². The van der Waals surface area contributed by atoms with E-state index >= 15 is 0 Å². The van der Waals surface area contributed by atoms with Crippen LogP contribution >= 0.6 is 11.8 Å². The highest BCUT2D eigenvalue weighted by molar-refractivity contribution is 8.00. The molecule has 2 rings (SSSR count). The maximum Gasteiger partial charge on any atom is 0.241 e. The van der Waals surface area contributed by atoms with Crippen LogP contribution in [0.4, 0.5) is 0 Å².